The van der Waals surface area contributed by atoms with E-state index in [1.165, 1.54) is 24.3 Å². The van der Waals surface area contributed by atoms with E-state index in [2.05, 4.69) is 29.2 Å². The monoisotopic (exact) mass is 292 g/mol. The second-order valence-corrected chi connectivity index (χ2v) is 4.98. The van der Waals surface area contributed by atoms with E-state index in [1.807, 2.05) is 0 Å². The summed E-state index contributed by atoms with van der Waals surface area (Å²) >= 11 is 0. The van der Waals surface area contributed by atoms with Crippen molar-refractivity contribution in [3.8, 4) is 0 Å². The van der Waals surface area contributed by atoms with E-state index in [1.54, 1.807) is 0 Å². The molecule has 1 aromatic rings. The molecule has 1 aliphatic heterocycles. The molecule has 114 valence electrons. The van der Waals surface area contributed by atoms with E-state index in [0.717, 1.165) is 26.2 Å². The zero-order valence-electron chi connectivity index (χ0n) is 12.3. The molecule has 0 saturated carbocycles. The van der Waals surface area contributed by atoms with Crippen molar-refractivity contribution in [2.75, 3.05) is 26.2 Å². The largest absolute Gasteiger partial charge is 0.347 e. The quantitative estimate of drug-likeness (QED) is 0.653. The Hall–Kier alpha value is -1.99. The van der Waals surface area contributed by atoms with Gasteiger partial charge in [-0.1, -0.05) is 13.8 Å². The molecule has 1 aliphatic rings. The maximum absolute atomic E-state index is 12.2. The van der Waals surface area contributed by atoms with Gasteiger partial charge in [0.15, 0.2) is 0 Å². The number of hydrogen-bond donors (Lipinski definition) is 1. The van der Waals surface area contributed by atoms with E-state index in [4.69, 9.17) is 0 Å². The van der Waals surface area contributed by atoms with Gasteiger partial charge in [-0.05, 0) is 12.1 Å². The van der Waals surface area contributed by atoms with Crippen LogP contribution in [-0.2, 0) is 0 Å². The van der Waals surface area contributed by atoms with Gasteiger partial charge >= 0.3 is 0 Å². The van der Waals surface area contributed by atoms with Crippen LogP contribution in [0.4, 0.5) is 5.69 Å². The number of nitrogens with one attached hydrogen (secondary N) is 1. The van der Waals surface area contributed by atoms with Crippen LogP contribution in [0.5, 0.6) is 0 Å². The minimum Gasteiger partial charge on any atom is -0.347 e. The molecule has 1 N–H and O–H groups in total. The predicted octanol–water partition coefficient (Wildman–Crippen LogP) is 1.27. The maximum Gasteiger partial charge on any atom is 0.269 e. The van der Waals surface area contributed by atoms with Crippen molar-refractivity contribution in [1.29, 1.82) is 0 Å². The Morgan fingerprint density at radius 3 is 2.19 bits per heavy atom. The molecule has 0 bridgehead atoms. The second kappa shape index (κ2) is 6.64. The lowest BCUT2D eigenvalue weighted by molar-refractivity contribution is -0.384. The summed E-state index contributed by atoms with van der Waals surface area (Å²) in [4.78, 5) is 22.3. The summed E-state index contributed by atoms with van der Waals surface area (Å²) in [6, 6.07) is 5.74. The van der Waals surface area contributed by atoms with Gasteiger partial charge < -0.3 is 5.32 Å². The third-order valence-corrected chi connectivity index (χ3v) is 3.67. The van der Waals surface area contributed by atoms with E-state index in [0.29, 0.717) is 5.56 Å². The SMILES string of the molecule is CCN1CC(NC(=O)c2ccc([N+](=O)[O-])cc2)CN1CC. The molecule has 1 aromatic carbocycles. The number of hydrogen-bond acceptors (Lipinski definition) is 5. The zero-order valence-corrected chi connectivity index (χ0v) is 12.3. The van der Waals surface area contributed by atoms with Crippen LogP contribution in [0.3, 0.4) is 0 Å². The van der Waals surface area contributed by atoms with E-state index >= 15 is 0 Å². The van der Waals surface area contributed by atoms with Crippen molar-refractivity contribution in [3.05, 3.63) is 39.9 Å². The zero-order chi connectivity index (χ0) is 15.4. The summed E-state index contributed by atoms with van der Waals surface area (Å²) in [5.74, 6) is -0.191. The first kappa shape index (κ1) is 15.4. The molecule has 1 saturated heterocycles. The molecule has 1 heterocycles. The van der Waals surface area contributed by atoms with Crippen LogP contribution in [0, 0.1) is 10.1 Å². The van der Waals surface area contributed by atoms with Crippen molar-refractivity contribution >= 4 is 11.6 Å². The molecule has 7 heteroatoms. The molecule has 2 rings (SSSR count). The van der Waals surface area contributed by atoms with Crippen LogP contribution in [-0.4, -0.2) is 53.1 Å². The molecule has 21 heavy (non-hydrogen) atoms. The summed E-state index contributed by atoms with van der Waals surface area (Å²) in [5.41, 5.74) is 0.431. The van der Waals surface area contributed by atoms with Gasteiger partial charge in [0.2, 0.25) is 0 Å². The average Bonchev–Trinajstić information content (AvgIpc) is 2.89. The number of carbonyl (C=O) groups is 1. The van der Waals surface area contributed by atoms with Crippen LogP contribution in [0.25, 0.3) is 0 Å². The Kier molecular flexibility index (Phi) is 4.87. The number of nitrogens with zero attached hydrogens (tertiary/aromatic N) is 3. The first-order valence-corrected chi connectivity index (χ1v) is 7.10. The summed E-state index contributed by atoms with van der Waals surface area (Å²) in [6.45, 7) is 7.59. The highest BCUT2D eigenvalue weighted by Crippen LogP contribution is 2.14. The molecule has 0 radical (unpaired) electrons. The normalized spacial score (nSPS) is 17.0. The van der Waals surface area contributed by atoms with Crippen LogP contribution in [0.1, 0.15) is 24.2 Å². The summed E-state index contributed by atoms with van der Waals surface area (Å²) in [7, 11) is 0. The van der Waals surface area contributed by atoms with Crippen molar-refractivity contribution in [2.45, 2.75) is 19.9 Å². The number of nitro groups is 1. The Morgan fingerprint density at radius 2 is 1.76 bits per heavy atom. The van der Waals surface area contributed by atoms with Gasteiger partial charge in [-0.3, -0.25) is 14.9 Å². The number of rotatable bonds is 5. The number of amides is 1. The molecule has 0 unspecified atom stereocenters. The Balaban J connectivity index is 1.97. The molecule has 0 atom stereocenters. The first-order valence-electron chi connectivity index (χ1n) is 7.10. The minimum absolute atomic E-state index is 0.0123. The fourth-order valence-electron chi connectivity index (χ4n) is 2.55. The van der Waals surface area contributed by atoms with Crippen LogP contribution < -0.4 is 5.32 Å². The lowest BCUT2D eigenvalue weighted by atomic mass is 10.2. The lowest BCUT2D eigenvalue weighted by Gasteiger charge is -2.24. The highest BCUT2D eigenvalue weighted by atomic mass is 16.6. The number of benzene rings is 1. The van der Waals surface area contributed by atoms with E-state index < -0.39 is 4.92 Å². The second-order valence-electron chi connectivity index (χ2n) is 4.98. The van der Waals surface area contributed by atoms with Crippen LogP contribution >= 0.6 is 0 Å². The van der Waals surface area contributed by atoms with Gasteiger partial charge in [-0.2, -0.15) is 0 Å². The average molecular weight is 292 g/mol. The molecule has 1 amide bonds. The molecule has 0 spiro atoms. The molecule has 7 nitrogen and oxygen atoms in total. The smallest absolute Gasteiger partial charge is 0.269 e. The maximum atomic E-state index is 12.2. The van der Waals surface area contributed by atoms with Gasteiger partial charge in [0.1, 0.15) is 0 Å². The third kappa shape index (κ3) is 3.56. The van der Waals surface area contributed by atoms with Gasteiger partial charge in [0.05, 0.1) is 11.0 Å². The van der Waals surface area contributed by atoms with Crippen molar-refractivity contribution in [3.63, 3.8) is 0 Å². The third-order valence-electron chi connectivity index (χ3n) is 3.67. The van der Waals surface area contributed by atoms with Crippen LogP contribution in [0.2, 0.25) is 0 Å². The fraction of sp³-hybridized carbons (Fsp3) is 0.500. The van der Waals surface area contributed by atoms with Crippen molar-refractivity contribution in [2.24, 2.45) is 0 Å². The van der Waals surface area contributed by atoms with Crippen molar-refractivity contribution in [1.82, 2.24) is 15.3 Å². The number of carbonyl (C=O) groups excluding carboxylic acids is 1. The Labute approximate surface area is 123 Å². The summed E-state index contributed by atoms with van der Waals surface area (Å²) < 4.78 is 0. The molecule has 0 aliphatic carbocycles. The first-order chi connectivity index (χ1) is 10.0. The number of nitro benzene ring substituents is 1. The number of non-ortho nitro benzene ring substituents is 1. The van der Waals surface area contributed by atoms with Crippen molar-refractivity contribution < 1.29 is 9.72 Å². The number of hydrazine groups is 1. The van der Waals surface area contributed by atoms with E-state index in [-0.39, 0.29) is 17.6 Å². The number of likely N-dealkylation sites (N-methyl/N-ethyl adjacent to an activating group) is 2. The molecular formula is C14H20N4O3. The highest BCUT2D eigenvalue weighted by Gasteiger charge is 2.29. The fourth-order valence-corrected chi connectivity index (χ4v) is 2.55. The summed E-state index contributed by atoms with van der Waals surface area (Å²) in [6.07, 6.45) is 0. The van der Waals surface area contributed by atoms with Gasteiger partial charge in [0, 0.05) is 43.9 Å². The van der Waals surface area contributed by atoms with Gasteiger partial charge in [0.25, 0.3) is 11.6 Å². The minimum atomic E-state index is -0.475. The highest BCUT2D eigenvalue weighted by molar-refractivity contribution is 5.94. The topological polar surface area (TPSA) is 78.7 Å². The standard InChI is InChI=1S/C14H20N4O3/c1-3-16-9-12(10-17(16)4-2)15-14(19)11-5-7-13(8-6-11)18(20)21/h5-8,12H,3-4,9-10H2,1-2H3,(H,15,19). The lowest BCUT2D eigenvalue weighted by Crippen LogP contribution is -2.38. The summed E-state index contributed by atoms with van der Waals surface area (Å²) in [5, 5.41) is 18.0. The van der Waals surface area contributed by atoms with Gasteiger partial charge in [-0.15, -0.1) is 0 Å². The predicted molar refractivity (Wildman–Crippen MR) is 78.8 cm³/mol. The van der Waals surface area contributed by atoms with Crippen LogP contribution in [0.15, 0.2) is 24.3 Å². The van der Waals surface area contributed by atoms with Gasteiger partial charge in [-0.25, -0.2) is 10.0 Å². The molecule has 1 fully saturated rings. The molecule has 0 aromatic heterocycles. The Morgan fingerprint density at radius 1 is 1.24 bits per heavy atom. The molecular weight excluding hydrogens is 272 g/mol. The Bertz CT molecular complexity index is 505. The van der Waals surface area contributed by atoms with E-state index in [9.17, 15) is 14.9 Å².